The minimum Gasteiger partial charge on any atom is -0.508 e. The van der Waals surface area contributed by atoms with Gasteiger partial charge in [-0.2, -0.15) is 0 Å². The van der Waals surface area contributed by atoms with Gasteiger partial charge in [0.25, 0.3) is 0 Å². The molecule has 0 aliphatic heterocycles. The summed E-state index contributed by atoms with van der Waals surface area (Å²) in [6.45, 7) is 0. The van der Waals surface area contributed by atoms with E-state index in [-0.39, 0.29) is 11.7 Å². The van der Waals surface area contributed by atoms with Crippen LogP contribution in [0.25, 0.3) is 0 Å². The third-order valence-electron chi connectivity index (χ3n) is 2.43. The van der Waals surface area contributed by atoms with E-state index >= 15 is 0 Å². The number of hydrogen-bond acceptors (Lipinski definition) is 2. The minimum atomic E-state index is -0.0822. The van der Waals surface area contributed by atoms with Crippen molar-refractivity contribution >= 4 is 6.29 Å². The van der Waals surface area contributed by atoms with E-state index in [2.05, 4.69) is 0 Å². The van der Waals surface area contributed by atoms with Crippen molar-refractivity contribution in [1.29, 1.82) is 0 Å². The van der Waals surface area contributed by atoms with Gasteiger partial charge in [-0.1, -0.05) is 12.1 Å². The van der Waals surface area contributed by atoms with Crippen LogP contribution in [-0.4, -0.2) is 11.4 Å². The van der Waals surface area contributed by atoms with E-state index in [1.165, 1.54) is 0 Å². The molecule has 0 bridgehead atoms. The van der Waals surface area contributed by atoms with Crippen LogP contribution in [0, 0.1) is 0 Å². The molecule has 0 amide bonds. The molecule has 1 aliphatic carbocycles. The Kier molecular flexibility index (Phi) is 1.61. The number of hydrogen-bond donors (Lipinski definition) is 1. The summed E-state index contributed by atoms with van der Waals surface area (Å²) >= 11 is 0. The average Bonchev–Trinajstić information content (AvgIpc) is 2.49. The minimum absolute atomic E-state index is 0.0822. The molecule has 1 unspecified atom stereocenters. The predicted octanol–water partition coefficient (Wildman–Crippen LogP) is 1.62. The highest BCUT2D eigenvalue weighted by atomic mass is 16.3. The maximum absolute atomic E-state index is 10.6. The molecule has 0 heterocycles. The largest absolute Gasteiger partial charge is 0.508 e. The maximum Gasteiger partial charge on any atom is 0.127 e. The molecule has 1 atom stereocenters. The van der Waals surface area contributed by atoms with E-state index in [0.717, 1.165) is 30.3 Å². The highest BCUT2D eigenvalue weighted by Gasteiger charge is 2.24. The van der Waals surface area contributed by atoms with Crippen LogP contribution in [0.15, 0.2) is 18.2 Å². The van der Waals surface area contributed by atoms with Gasteiger partial charge < -0.3 is 9.90 Å². The number of aryl methyl sites for hydroxylation is 1. The summed E-state index contributed by atoms with van der Waals surface area (Å²) in [5.74, 6) is 0.184. The van der Waals surface area contributed by atoms with Crippen molar-refractivity contribution in [3.63, 3.8) is 0 Å². The highest BCUT2D eigenvalue weighted by Crippen LogP contribution is 2.37. The van der Waals surface area contributed by atoms with Crippen molar-refractivity contribution in [3.05, 3.63) is 29.3 Å². The zero-order valence-electron chi connectivity index (χ0n) is 6.66. The Morgan fingerprint density at radius 3 is 3.08 bits per heavy atom. The zero-order chi connectivity index (χ0) is 8.55. The number of phenolic OH excluding ortho intramolecular Hbond substituents is 1. The predicted molar refractivity (Wildman–Crippen MR) is 45.2 cm³/mol. The van der Waals surface area contributed by atoms with Gasteiger partial charge in [0.05, 0.1) is 0 Å². The molecule has 0 fully saturated rings. The third kappa shape index (κ3) is 0.916. The quantitative estimate of drug-likeness (QED) is 0.637. The Bertz CT molecular complexity index is 318. The van der Waals surface area contributed by atoms with Gasteiger partial charge in [-0.05, 0) is 24.5 Å². The van der Waals surface area contributed by atoms with Crippen LogP contribution in [0.1, 0.15) is 23.5 Å². The molecule has 2 nitrogen and oxygen atoms in total. The van der Waals surface area contributed by atoms with Crippen LogP contribution in [-0.2, 0) is 11.2 Å². The number of carbonyl (C=O) groups is 1. The molecule has 0 saturated carbocycles. The fraction of sp³-hybridized carbons (Fsp3) is 0.300. The molecule has 12 heavy (non-hydrogen) atoms. The summed E-state index contributed by atoms with van der Waals surface area (Å²) in [7, 11) is 0. The van der Waals surface area contributed by atoms with Gasteiger partial charge in [-0.15, -0.1) is 0 Å². The van der Waals surface area contributed by atoms with E-state index in [0.29, 0.717) is 0 Å². The number of aromatic hydroxyl groups is 1. The SMILES string of the molecule is O=CC1CCc2cccc(O)c21. The van der Waals surface area contributed by atoms with Crippen molar-refractivity contribution in [2.75, 3.05) is 0 Å². The van der Waals surface area contributed by atoms with Gasteiger partial charge in [0.2, 0.25) is 0 Å². The van der Waals surface area contributed by atoms with E-state index in [1.54, 1.807) is 6.07 Å². The Balaban J connectivity index is 2.55. The first-order chi connectivity index (χ1) is 5.83. The third-order valence-corrected chi connectivity index (χ3v) is 2.43. The fourth-order valence-corrected chi connectivity index (χ4v) is 1.84. The lowest BCUT2D eigenvalue weighted by molar-refractivity contribution is -0.109. The molecule has 0 saturated heterocycles. The number of fused-ring (bicyclic) bond motifs is 1. The van der Waals surface area contributed by atoms with Crippen molar-refractivity contribution in [2.45, 2.75) is 18.8 Å². The normalized spacial score (nSPS) is 20.5. The molecule has 0 radical (unpaired) electrons. The molecule has 62 valence electrons. The van der Waals surface area contributed by atoms with Gasteiger partial charge in [0, 0.05) is 11.5 Å². The van der Waals surface area contributed by atoms with Crippen LogP contribution < -0.4 is 0 Å². The highest BCUT2D eigenvalue weighted by molar-refractivity contribution is 5.67. The zero-order valence-corrected chi connectivity index (χ0v) is 6.66. The van der Waals surface area contributed by atoms with Crippen molar-refractivity contribution in [2.24, 2.45) is 0 Å². The molecule has 2 rings (SSSR count). The fourth-order valence-electron chi connectivity index (χ4n) is 1.84. The van der Waals surface area contributed by atoms with Crippen molar-refractivity contribution < 1.29 is 9.90 Å². The Hall–Kier alpha value is -1.31. The molecule has 1 aromatic carbocycles. The Labute approximate surface area is 70.8 Å². The van der Waals surface area contributed by atoms with E-state index in [1.807, 2.05) is 12.1 Å². The molecule has 1 N–H and O–H groups in total. The second kappa shape index (κ2) is 2.63. The topological polar surface area (TPSA) is 37.3 Å². The number of aldehydes is 1. The maximum atomic E-state index is 10.6. The summed E-state index contributed by atoms with van der Waals surface area (Å²) in [4.78, 5) is 10.6. The van der Waals surface area contributed by atoms with Gasteiger partial charge >= 0.3 is 0 Å². The lowest BCUT2D eigenvalue weighted by Gasteiger charge is -2.04. The summed E-state index contributed by atoms with van der Waals surface area (Å²) in [6.07, 6.45) is 2.68. The van der Waals surface area contributed by atoms with Crippen molar-refractivity contribution in [1.82, 2.24) is 0 Å². The number of rotatable bonds is 1. The van der Waals surface area contributed by atoms with Crippen LogP contribution in [0.5, 0.6) is 5.75 Å². The first kappa shape index (κ1) is 7.35. The number of benzene rings is 1. The molecular weight excluding hydrogens is 152 g/mol. The Morgan fingerprint density at radius 2 is 2.33 bits per heavy atom. The number of phenols is 1. The van der Waals surface area contributed by atoms with Gasteiger partial charge in [-0.3, -0.25) is 0 Å². The summed E-state index contributed by atoms with van der Waals surface area (Å²) in [5.41, 5.74) is 1.96. The van der Waals surface area contributed by atoms with Crippen LogP contribution in [0.3, 0.4) is 0 Å². The van der Waals surface area contributed by atoms with Gasteiger partial charge in [0.1, 0.15) is 12.0 Å². The first-order valence-corrected chi connectivity index (χ1v) is 4.09. The van der Waals surface area contributed by atoms with E-state index in [4.69, 9.17) is 0 Å². The average molecular weight is 162 g/mol. The van der Waals surface area contributed by atoms with Crippen LogP contribution >= 0.6 is 0 Å². The lowest BCUT2D eigenvalue weighted by atomic mass is 10.0. The molecule has 2 heteroatoms. The van der Waals surface area contributed by atoms with E-state index < -0.39 is 0 Å². The monoisotopic (exact) mass is 162 g/mol. The summed E-state index contributed by atoms with van der Waals surface area (Å²) < 4.78 is 0. The van der Waals surface area contributed by atoms with Crippen LogP contribution in [0.4, 0.5) is 0 Å². The first-order valence-electron chi connectivity index (χ1n) is 4.09. The molecule has 0 aromatic heterocycles. The standard InChI is InChI=1S/C10H10O2/c11-6-8-5-4-7-2-1-3-9(12)10(7)8/h1-3,6,8,12H,4-5H2. The second-order valence-electron chi connectivity index (χ2n) is 3.13. The summed E-state index contributed by atoms with van der Waals surface area (Å²) in [6, 6.07) is 5.43. The summed E-state index contributed by atoms with van der Waals surface area (Å²) in [5, 5.41) is 9.47. The van der Waals surface area contributed by atoms with E-state index in [9.17, 15) is 9.90 Å². The molecule has 1 aromatic rings. The molecular formula is C10H10O2. The van der Waals surface area contributed by atoms with Crippen molar-refractivity contribution in [3.8, 4) is 5.75 Å². The number of carbonyl (C=O) groups excluding carboxylic acids is 1. The molecule has 0 spiro atoms. The van der Waals surface area contributed by atoms with Crippen LogP contribution in [0.2, 0.25) is 0 Å². The second-order valence-corrected chi connectivity index (χ2v) is 3.13. The Morgan fingerprint density at radius 1 is 1.50 bits per heavy atom. The smallest absolute Gasteiger partial charge is 0.127 e. The molecule has 1 aliphatic rings. The lowest BCUT2D eigenvalue weighted by Crippen LogP contribution is -1.93. The van der Waals surface area contributed by atoms with Gasteiger partial charge in [0.15, 0.2) is 0 Å². The van der Waals surface area contributed by atoms with Gasteiger partial charge in [-0.25, -0.2) is 0 Å².